The van der Waals surface area contributed by atoms with Gasteiger partial charge in [0, 0.05) is 5.56 Å². The predicted molar refractivity (Wildman–Crippen MR) is 86.8 cm³/mol. The SMILES string of the molecule is Cc1nn(C(C)(C)C)c(C)c1NC(C)c1cccc(O)c1F. The summed E-state index contributed by atoms with van der Waals surface area (Å²) < 4.78 is 16.0. The summed E-state index contributed by atoms with van der Waals surface area (Å²) in [6.45, 7) is 12.1. The van der Waals surface area contributed by atoms with Gasteiger partial charge in [0.05, 0.1) is 28.7 Å². The zero-order valence-electron chi connectivity index (χ0n) is 14.0. The van der Waals surface area contributed by atoms with Gasteiger partial charge in [-0.2, -0.15) is 5.10 Å². The van der Waals surface area contributed by atoms with Crippen LogP contribution < -0.4 is 5.32 Å². The third-order valence-electron chi connectivity index (χ3n) is 3.76. The Morgan fingerprint density at radius 2 is 1.91 bits per heavy atom. The lowest BCUT2D eigenvalue weighted by Crippen LogP contribution is -2.24. The van der Waals surface area contributed by atoms with Gasteiger partial charge in [0.25, 0.3) is 0 Å². The maximum absolute atomic E-state index is 14.0. The van der Waals surface area contributed by atoms with Crippen molar-refractivity contribution in [3.05, 3.63) is 41.0 Å². The second-order valence-corrected chi connectivity index (χ2v) is 6.67. The van der Waals surface area contributed by atoms with E-state index in [-0.39, 0.29) is 17.3 Å². The smallest absolute Gasteiger partial charge is 0.170 e. The van der Waals surface area contributed by atoms with Crippen LogP contribution in [0.5, 0.6) is 5.75 Å². The van der Waals surface area contributed by atoms with Gasteiger partial charge in [-0.25, -0.2) is 4.39 Å². The molecule has 1 unspecified atom stereocenters. The molecule has 22 heavy (non-hydrogen) atoms. The molecule has 0 spiro atoms. The molecule has 2 aromatic rings. The lowest BCUT2D eigenvalue weighted by atomic mass is 10.1. The van der Waals surface area contributed by atoms with Crippen LogP contribution in [0.15, 0.2) is 18.2 Å². The fourth-order valence-electron chi connectivity index (χ4n) is 2.67. The van der Waals surface area contributed by atoms with Gasteiger partial charge in [-0.1, -0.05) is 12.1 Å². The molecule has 1 aromatic heterocycles. The minimum atomic E-state index is -0.582. The number of aromatic hydroxyl groups is 1. The molecule has 0 fully saturated rings. The molecule has 1 atom stereocenters. The van der Waals surface area contributed by atoms with E-state index in [4.69, 9.17) is 0 Å². The van der Waals surface area contributed by atoms with Crippen LogP contribution in [-0.2, 0) is 5.54 Å². The monoisotopic (exact) mass is 305 g/mol. The standard InChI is InChI=1S/C17H24FN3O/c1-10(13-8-7-9-14(22)15(13)18)19-16-11(2)20-21(12(16)3)17(4,5)6/h7-10,19,22H,1-6H3. The van der Waals surface area contributed by atoms with Crippen molar-refractivity contribution < 1.29 is 9.50 Å². The number of hydrogen-bond acceptors (Lipinski definition) is 3. The van der Waals surface area contributed by atoms with Crippen molar-refractivity contribution in [2.45, 2.75) is 53.1 Å². The molecule has 2 N–H and O–H groups in total. The van der Waals surface area contributed by atoms with Gasteiger partial charge >= 0.3 is 0 Å². The molecule has 2 rings (SSSR count). The summed E-state index contributed by atoms with van der Waals surface area (Å²) in [5, 5.41) is 17.4. The fraction of sp³-hybridized carbons (Fsp3) is 0.471. The van der Waals surface area contributed by atoms with E-state index < -0.39 is 5.82 Å². The quantitative estimate of drug-likeness (QED) is 0.890. The topological polar surface area (TPSA) is 50.1 Å². The summed E-state index contributed by atoms with van der Waals surface area (Å²) in [4.78, 5) is 0. The van der Waals surface area contributed by atoms with Crippen LogP contribution in [0.2, 0.25) is 0 Å². The minimum Gasteiger partial charge on any atom is -0.505 e. The Morgan fingerprint density at radius 3 is 2.45 bits per heavy atom. The Labute approximate surface area is 131 Å². The van der Waals surface area contributed by atoms with Crippen LogP contribution in [0, 0.1) is 19.7 Å². The zero-order valence-corrected chi connectivity index (χ0v) is 14.0. The number of aromatic nitrogens is 2. The molecule has 1 aromatic carbocycles. The summed E-state index contributed by atoms with van der Waals surface area (Å²) in [6.07, 6.45) is 0. The second kappa shape index (κ2) is 5.63. The van der Waals surface area contributed by atoms with Crippen LogP contribution >= 0.6 is 0 Å². The maximum Gasteiger partial charge on any atom is 0.170 e. The number of phenols is 1. The first-order chi connectivity index (χ1) is 10.1. The number of hydrogen-bond donors (Lipinski definition) is 2. The first-order valence-electron chi connectivity index (χ1n) is 7.43. The van der Waals surface area contributed by atoms with E-state index in [9.17, 15) is 9.50 Å². The molecule has 5 heteroatoms. The Morgan fingerprint density at radius 1 is 1.27 bits per heavy atom. The zero-order chi connectivity index (χ0) is 16.7. The molecular formula is C17H24FN3O. The van der Waals surface area contributed by atoms with E-state index in [0.29, 0.717) is 5.56 Å². The lowest BCUT2D eigenvalue weighted by molar-refractivity contribution is 0.346. The summed E-state index contributed by atoms with van der Waals surface area (Å²) in [6, 6.07) is 4.39. The fourth-order valence-corrected chi connectivity index (χ4v) is 2.67. The van der Waals surface area contributed by atoms with Crippen LogP contribution in [0.3, 0.4) is 0 Å². The number of aryl methyl sites for hydroxylation is 1. The van der Waals surface area contributed by atoms with E-state index in [1.54, 1.807) is 12.1 Å². The first kappa shape index (κ1) is 16.3. The van der Waals surface area contributed by atoms with Gasteiger partial charge in [0.1, 0.15) is 0 Å². The van der Waals surface area contributed by atoms with Gasteiger partial charge in [-0.15, -0.1) is 0 Å². The summed E-state index contributed by atoms with van der Waals surface area (Å²) in [5.41, 5.74) is 3.11. The number of phenolic OH excluding ortho intramolecular Hbond substituents is 1. The molecule has 0 aliphatic heterocycles. The molecule has 0 radical (unpaired) electrons. The van der Waals surface area contributed by atoms with Crippen LogP contribution in [0.4, 0.5) is 10.1 Å². The van der Waals surface area contributed by atoms with E-state index >= 15 is 0 Å². The van der Waals surface area contributed by atoms with Crippen LogP contribution in [0.25, 0.3) is 0 Å². The summed E-state index contributed by atoms with van der Waals surface area (Å²) >= 11 is 0. The van der Waals surface area contributed by atoms with Crippen LogP contribution in [-0.4, -0.2) is 14.9 Å². The van der Waals surface area contributed by atoms with Crippen molar-refractivity contribution in [2.24, 2.45) is 0 Å². The Bertz CT molecular complexity index is 686. The molecule has 0 amide bonds. The Hall–Kier alpha value is -2.04. The van der Waals surface area contributed by atoms with Crippen LogP contribution in [0.1, 0.15) is 50.7 Å². The third-order valence-corrected chi connectivity index (χ3v) is 3.76. The highest BCUT2D eigenvalue weighted by Gasteiger charge is 2.22. The van der Waals surface area contributed by atoms with Crippen molar-refractivity contribution in [3.8, 4) is 5.75 Å². The maximum atomic E-state index is 14.0. The highest BCUT2D eigenvalue weighted by atomic mass is 19.1. The van der Waals surface area contributed by atoms with Crippen molar-refractivity contribution in [2.75, 3.05) is 5.32 Å². The molecule has 0 bridgehead atoms. The second-order valence-electron chi connectivity index (χ2n) is 6.67. The number of rotatable bonds is 3. The predicted octanol–water partition coefficient (Wildman–Crippen LogP) is 4.27. The molecular weight excluding hydrogens is 281 g/mol. The van der Waals surface area contributed by atoms with Gasteiger partial charge < -0.3 is 10.4 Å². The number of benzene rings is 1. The first-order valence-corrected chi connectivity index (χ1v) is 7.43. The summed E-state index contributed by atoms with van der Waals surface area (Å²) in [5.74, 6) is -0.911. The normalized spacial score (nSPS) is 13.2. The number of anilines is 1. The highest BCUT2D eigenvalue weighted by molar-refractivity contribution is 5.54. The van der Waals surface area contributed by atoms with Gasteiger partial charge in [0.2, 0.25) is 0 Å². The number of halogens is 1. The number of nitrogens with one attached hydrogen (secondary N) is 1. The molecule has 0 saturated heterocycles. The van der Waals surface area contributed by atoms with E-state index in [2.05, 4.69) is 31.2 Å². The molecule has 120 valence electrons. The van der Waals surface area contributed by atoms with Gasteiger partial charge in [-0.05, 0) is 47.6 Å². The molecule has 0 aliphatic rings. The van der Waals surface area contributed by atoms with Crippen molar-refractivity contribution in [1.82, 2.24) is 9.78 Å². The Kier molecular flexibility index (Phi) is 4.18. The summed E-state index contributed by atoms with van der Waals surface area (Å²) in [7, 11) is 0. The molecule has 0 aliphatic carbocycles. The van der Waals surface area contributed by atoms with E-state index in [1.165, 1.54) is 6.07 Å². The molecule has 4 nitrogen and oxygen atoms in total. The molecule has 1 heterocycles. The number of nitrogens with zero attached hydrogens (tertiary/aromatic N) is 2. The van der Waals surface area contributed by atoms with Crippen molar-refractivity contribution in [1.29, 1.82) is 0 Å². The average Bonchev–Trinajstić information content (AvgIpc) is 2.69. The Balaban J connectivity index is 2.35. The lowest BCUT2D eigenvalue weighted by Gasteiger charge is -2.22. The van der Waals surface area contributed by atoms with E-state index in [0.717, 1.165) is 17.1 Å². The molecule has 0 saturated carbocycles. The third kappa shape index (κ3) is 2.93. The van der Waals surface area contributed by atoms with Crippen molar-refractivity contribution >= 4 is 5.69 Å². The largest absolute Gasteiger partial charge is 0.505 e. The highest BCUT2D eigenvalue weighted by Crippen LogP contribution is 2.31. The van der Waals surface area contributed by atoms with Gasteiger partial charge in [0.15, 0.2) is 11.6 Å². The van der Waals surface area contributed by atoms with Crippen molar-refractivity contribution in [3.63, 3.8) is 0 Å². The minimum absolute atomic E-state index is 0.117. The van der Waals surface area contributed by atoms with Gasteiger partial charge in [-0.3, -0.25) is 4.68 Å². The van der Waals surface area contributed by atoms with E-state index in [1.807, 2.05) is 25.5 Å². The average molecular weight is 305 g/mol.